The van der Waals surface area contributed by atoms with Crippen LogP contribution >= 0.6 is 12.4 Å². The fourth-order valence-corrected chi connectivity index (χ4v) is 3.43. The lowest BCUT2D eigenvalue weighted by atomic mass is 9.81. The maximum Gasteiger partial charge on any atom is 0.227 e. The van der Waals surface area contributed by atoms with Gasteiger partial charge in [0, 0.05) is 25.6 Å². The van der Waals surface area contributed by atoms with Crippen molar-refractivity contribution in [2.24, 2.45) is 17.1 Å². The lowest BCUT2D eigenvalue weighted by molar-refractivity contribution is -0.131. The van der Waals surface area contributed by atoms with Crippen LogP contribution in [-0.4, -0.2) is 25.6 Å². The molecule has 2 rings (SSSR count). The summed E-state index contributed by atoms with van der Waals surface area (Å²) in [6, 6.07) is 10.3. The Kier molecular flexibility index (Phi) is 8.74. The topological polar surface area (TPSA) is 64.4 Å². The molecule has 1 amide bonds. The molecule has 136 valence electrons. The Balaban J connectivity index is 0.00000288. The highest BCUT2D eigenvalue weighted by Gasteiger charge is 2.34. The molecule has 1 aromatic rings. The summed E-state index contributed by atoms with van der Waals surface area (Å²) in [7, 11) is 0. The minimum atomic E-state index is -0.433. The number of halogens is 1. The molecule has 1 aliphatic heterocycles. The molecule has 1 heterocycles. The standard InChI is InChI=1S/C19H30N2O2.ClH/c1-3-19(4-2,14-20)18(22)21-13-16-11-8-12-23-17(16)15-9-6-5-7-10-15;/h5-7,9-10,16-17H,3-4,8,11-14,20H2,1-2H3,(H,21,22);1H. The molecule has 5 heteroatoms. The molecular formula is C19H31ClN2O2. The summed E-state index contributed by atoms with van der Waals surface area (Å²) in [6.07, 6.45) is 3.74. The maximum absolute atomic E-state index is 12.6. The maximum atomic E-state index is 12.6. The first-order valence-corrected chi connectivity index (χ1v) is 8.81. The van der Waals surface area contributed by atoms with E-state index in [-0.39, 0.29) is 24.4 Å². The van der Waals surface area contributed by atoms with E-state index in [1.807, 2.05) is 32.0 Å². The van der Waals surface area contributed by atoms with Crippen LogP contribution in [0.1, 0.15) is 51.2 Å². The zero-order valence-corrected chi connectivity index (χ0v) is 15.6. The van der Waals surface area contributed by atoms with Gasteiger partial charge in [-0.1, -0.05) is 44.2 Å². The van der Waals surface area contributed by atoms with Crippen molar-refractivity contribution in [3.8, 4) is 0 Å². The van der Waals surface area contributed by atoms with Crippen LogP contribution in [0.5, 0.6) is 0 Å². The van der Waals surface area contributed by atoms with E-state index in [9.17, 15) is 4.79 Å². The van der Waals surface area contributed by atoms with Gasteiger partial charge in [0.1, 0.15) is 0 Å². The van der Waals surface area contributed by atoms with Gasteiger partial charge in [-0.2, -0.15) is 0 Å². The molecule has 0 aliphatic carbocycles. The summed E-state index contributed by atoms with van der Waals surface area (Å²) < 4.78 is 6.00. The van der Waals surface area contributed by atoms with Gasteiger partial charge in [0.2, 0.25) is 5.91 Å². The van der Waals surface area contributed by atoms with Crippen molar-refractivity contribution in [3.63, 3.8) is 0 Å². The molecule has 0 saturated carbocycles. The molecular weight excluding hydrogens is 324 g/mol. The minimum Gasteiger partial charge on any atom is -0.373 e. The van der Waals surface area contributed by atoms with Gasteiger partial charge in [0.25, 0.3) is 0 Å². The molecule has 3 N–H and O–H groups in total. The first-order valence-electron chi connectivity index (χ1n) is 8.81. The van der Waals surface area contributed by atoms with E-state index in [1.165, 1.54) is 5.56 Å². The van der Waals surface area contributed by atoms with Crippen LogP contribution in [0.4, 0.5) is 0 Å². The summed E-state index contributed by atoms with van der Waals surface area (Å²) in [4.78, 5) is 12.6. The van der Waals surface area contributed by atoms with Crippen molar-refractivity contribution < 1.29 is 9.53 Å². The highest BCUT2D eigenvalue weighted by Crippen LogP contribution is 2.33. The van der Waals surface area contributed by atoms with Crippen molar-refractivity contribution in [2.75, 3.05) is 19.7 Å². The van der Waals surface area contributed by atoms with Crippen LogP contribution in [0.3, 0.4) is 0 Å². The van der Waals surface area contributed by atoms with E-state index in [1.54, 1.807) is 0 Å². The minimum absolute atomic E-state index is 0. The van der Waals surface area contributed by atoms with Gasteiger partial charge < -0.3 is 15.8 Å². The Hall–Kier alpha value is -1.10. The highest BCUT2D eigenvalue weighted by molar-refractivity contribution is 5.85. The van der Waals surface area contributed by atoms with Crippen molar-refractivity contribution in [1.82, 2.24) is 5.32 Å². The van der Waals surface area contributed by atoms with Crippen molar-refractivity contribution in [3.05, 3.63) is 35.9 Å². The number of nitrogens with one attached hydrogen (secondary N) is 1. The van der Waals surface area contributed by atoms with Crippen LogP contribution in [0, 0.1) is 11.3 Å². The van der Waals surface area contributed by atoms with Gasteiger partial charge in [-0.05, 0) is 31.2 Å². The van der Waals surface area contributed by atoms with Crippen molar-refractivity contribution >= 4 is 18.3 Å². The number of nitrogens with two attached hydrogens (primary N) is 1. The fraction of sp³-hybridized carbons (Fsp3) is 0.632. The van der Waals surface area contributed by atoms with Crippen LogP contribution in [0.2, 0.25) is 0 Å². The SMILES string of the molecule is CCC(CC)(CN)C(=O)NCC1CCCOC1c1ccccc1.Cl. The first kappa shape index (κ1) is 20.9. The largest absolute Gasteiger partial charge is 0.373 e. The number of benzene rings is 1. The Morgan fingerprint density at radius 2 is 1.96 bits per heavy atom. The third-order valence-electron chi connectivity index (χ3n) is 5.32. The Morgan fingerprint density at radius 3 is 2.54 bits per heavy atom. The molecule has 1 aliphatic rings. The quantitative estimate of drug-likeness (QED) is 0.788. The van der Waals surface area contributed by atoms with Gasteiger partial charge in [-0.15, -0.1) is 12.4 Å². The predicted octanol–water partition coefficient (Wildman–Crippen LogP) is 3.46. The van der Waals surface area contributed by atoms with Crippen LogP contribution in [0.25, 0.3) is 0 Å². The van der Waals surface area contributed by atoms with Crippen LogP contribution in [0.15, 0.2) is 30.3 Å². The van der Waals surface area contributed by atoms with Crippen LogP contribution < -0.4 is 11.1 Å². The average Bonchev–Trinajstić information content (AvgIpc) is 2.63. The zero-order chi connectivity index (χ0) is 16.7. The second kappa shape index (κ2) is 10.0. The summed E-state index contributed by atoms with van der Waals surface area (Å²) in [5.41, 5.74) is 6.64. The summed E-state index contributed by atoms with van der Waals surface area (Å²) >= 11 is 0. The van der Waals surface area contributed by atoms with Crippen LogP contribution in [-0.2, 0) is 9.53 Å². The third kappa shape index (κ3) is 4.71. The molecule has 2 atom stereocenters. The van der Waals surface area contributed by atoms with Crippen molar-refractivity contribution in [2.45, 2.75) is 45.6 Å². The number of hydrogen-bond donors (Lipinski definition) is 2. The lowest BCUT2D eigenvalue weighted by Gasteiger charge is -2.34. The number of ether oxygens (including phenoxy) is 1. The van der Waals surface area contributed by atoms with Gasteiger partial charge in [-0.3, -0.25) is 4.79 Å². The lowest BCUT2D eigenvalue weighted by Crippen LogP contribution is -2.47. The summed E-state index contributed by atoms with van der Waals surface area (Å²) in [6.45, 7) is 5.91. The van der Waals surface area contributed by atoms with Crippen molar-refractivity contribution in [1.29, 1.82) is 0 Å². The number of rotatable bonds is 7. The second-order valence-electron chi connectivity index (χ2n) is 6.51. The zero-order valence-electron chi connectivity index (χ0n) is 14.8. The molecule has 0 radical (unpaired) electrons. The molecule has 1 aromatic carbocycles. The molecule has 1 saturated heterocycles. The van der Waals surface area contributed by atoms with Gasteiger partial charge >= 0.3 is 0 Å². The van der Waals surface area contributed by atoms with E-state index in [0.29, 0.717) is 19.0 Å². The molecule has 0 spiro atoms. The smallest absolute Gasteiger partial charge is 0.227 e. The Morgan fingerprint density at radius 1 is 1.29 bits per heavy atom. The molecule has 0 aromatic heterocycles. The van der Waals surface area contributed by atoms with Gasteiger partial charge in [0.05, 0.1) is 11.5 Å². The van der Waals surface area contributed by atoms with Gasteiger partial charge in [0.15, 0.2) is 0 Å². The fourth-order valence-electron chi connectivity index (χ4n) is 3.43. The molecule has 4 nitrogen and oxygen atoms in total. The Bertz CT molecular complexity index is 483. The monoisotopic (exact) mass is 354 g/mol. The molecule has 2 unspecified atom stereocenters. The molecule has 1 fully saturated rings. The second-order valence-corrected chi connectivity index (χ2v) is 6.51. The molecule has 0 bridgehead atoms. The number of hydrogen-bond acceptors (Lipinski definition) is 3. The first-order chi connectivity index (χ1) is 11.2. The summed E-state index contributed by atoms with van der Waals surface area (Å²) in [5, 5.41) is 3.15. The number of carbonyl (C=O) groups excluding carboxylic acids is 1. The normalized spacial score (nSPS) is 21.0. The Labute approximate surface area is 151 Å². The predicted molar refractivity (Wildman–Crippen MR) is 100 cm³/mol. The average molecular weight is 355 g/mol. The summed E-state index contributed by atoms with van der Waals surface area (Å²) in [5.74, 6) is 0.404. The van der Waals surface area contributed by atoms with E-state index in [2.05, 4.69) is 17.4 Å². The van der Waals surface area contributed by atoms with E-state index in [4.69, 9.17) is 10.5 Å². The van der Waals surface area contributed by atoms with E-state index >= 15 is 0 Å². The molecule has 24 heavy (non-hydrogen) atoms. The third-order valence-corrected chi connectivity index (χ3v) is 5.32. The van der Waals surface area contributed by atoms with E-state index < -0.39 is 5.41 Å². The number of carbonyl (C=O) groups is 1. The van der Waals surface area contributed by atoms with Gasteiger partial charge in [-0.25, -0.2) is 0 Å². The number of amides is 1. The highest BCUT2D eigenvalue weighted by atomic mass is 35.5. The van der Waals surface area contributed by atoms with E-state index in [0.717, 1.165) is 32.3 Å².